The summed E-state index contributed by atoms with van der Waals surface area (Å²) >= 11 is 1.67. The van der Waals surface area contributed by atoms with Crippen LogP contribution in [0.1, 0.15) is 23.4 Å². The average Bonchev–Trinajstić information content (AvgIpc) is 3.24. The summed E-state index contributed by atoms with van der Waals surface area (Å²) in [6, 6.07) is 0.291. The van der Waals surface area contributed by atoms with Crippen LogP contribution < -0.4 is 0 Å². The van der Waals surface area contributed by atoms with E-state index in [0.29, 0.717) is 19.0 Å². The molecule has 0 unspecified atom stereocenters. The molecule has 2 aromatic heterocycles. The highest BCUT2D eigenvalue weighted by Gasteiger charge is 2.33. The first kappa shape index (κ1) is 17.5. The summed E-state index contributed by atoms with van der Waals surface area (Å²) in [5.41, 5.74) is 2.96. The molecule has 0 aromatic carbocycles. The maximum atomic E-state index is 14.0. The minimum atomic E-state index is -0.706. The van der Waals surface area contributed by atoms with Crippen LogP contribution in [-0.4, -0.2) is 63.2 Å². The molecule has 1 saturated heterocycles. The van der Waals surface area contributed by atoms with E-state index in [-0.39, 0.29) is 0 Å². The molecule has 0 radical (unpaired) electrons. The van der Waals surface area contributed by atoms with Gasteiger partial charge in [-0.2, -0.15) is 0 Å². The molecular weight excluding hydrogens is 325 g/mol. The van der Waals surface area contributed by atoms with Crippen molar-refractivity contribution < 1.29 is 4.39 Å². The Hall–Kier alpha value is -1.31. The van der Waals surface area contributed by atoms with E-state index in [1.807, 2.05) is 31.2 Å². The second-order valence-corrected chi connectivity index (χ2v) is 7.63. The molecule has 3 heterocycles. The topological polar surface area (TPSA) is 37.2 Å². The van der Waals surface area contributed by atoms with Crippen LogP contribution >= 0.6 is 11.3 Å². The fourth-order valence-corrected chi connectivity index (χ4v) is 4.16. The van der Waals surface area contributed by atoms with Gasteiger partial charge in [-0.3, -0.25) is 4.90 Å². The highest BCUT2D eigenvalue weighted by atomic mass is 32.1. The van der Waals surface area contributed by atoms with Gasteiger partial charge in [-0.15, -0.1) is 11.3 Å². The highest BCUT2D eigenvalue weighted by Crippen LogP contribution is 2.25. The third kappa shape index (κ3) is 4.62. The Bertz CT molecular complexity index is 614. The first-order chi connectivity index (χ1) is 11.6. The summed E-state index contributed by atoms with van der Waals surface area (Å²) in [5, 5.41) is 0. The molecule has 1 fully saturated rings. The molecule has 5 nitrogen and oxygen atoms in total. The zero-order chi connectivity index (χ0) is 16.9. The smallest absolute Gasteiger partial charge is 0.114 e. The number of thiazole rings is 1. The van der Waals surface area contributed by atoms with E-state index < -0.39 is 6.17 Å². The molecule has 132 valence electrons. The third-order valence-electron chi connectivity index (χ3n) is 4.71. The van der Waals surface area contributed by atoms with Crippen LogP contribution in [0.3, 0.4) is 0 Å². The van der Waals surface area contributed by atoms with Crippen LogP contribution in [0.2, 0.25) is 0 Å². The van der Waals surface area contributed by atoms with Crippen molar-refractivity contribution in [2.75, 3.05) is 26.7 Å². The van der Waals surface area contributed by atoms with Crippen LogP contribution in [0.4, 0.5) is 4.39 Å². The molecule has 24 heavy (non-hydrogen) atoms. The largest absolute Gasteiger partial charge is 0.337 e. The lowest BCUT2D eigenvalue weighted by Crippen LogP contribution is -2.39. The Morgan fingerprint density at radius 2 is 2.33 bits per heavy atom. The van der Waals surface area contributed by atoms with Crippen LogP contribution in [0, 0.1) is 6.92 Å². The molecule has 0 amide bonds. The lowest BCUT2D eigenvalue weighted by Gasteiger charge is -2.28. The lowest BCUT2D eigenvalue weighted by atomic mass is 10.2. The Morgan fingerprint density at radius 1 is 1.46 bits per heavy atom. The van der Waals surface area contributed by atoms with Gasteiger partial charge in [-0.05, 0) is 33.4 Å². The SMILES string of the molecule is Cc1ncsc1CN1C[C@@H](F)C[C@H]1CN(C)CCCn1ccnc1. The van der Waals surface area contributed by atoms with Gasteiger partial charge in [-0.25, -0.2) is 14.4 Å². The number of nitrogens with zero attached hydrogens (tertiary/aromatic N) is 5. The van der Waals surface area contributed by atoms with Gasteiger partial charge in [0.05, 0.1) is 17.5 Å². The summed E-state index contributed by atoms with van der Waals surface area (Å²) in [6.07, 6.45) is 6.66. The van der Waals surface area contributed by atoms with Crippen LogP contribution in [0.5, 0.6) is 0 Å². The molecule has 1 aliphatic heterocycles. The van der Waals surface area contributed by atoms with Gasteiger partial charge in [0.2, 0.25) is 0 Å². The Kier molecular flexibility index (Phi) is 5.97. The molecule has 7 heteroatoms. The van der Waals surface area contributed by atoms with Crippen molar-refractivity contribution in [3.8, 4) is 0 Å². The summed E-state index contributed by atoms with van der Waals surface area (Å²) in [6.45, 7) is 6.31. The quantitative estimate of drug-likeness (QED) is 0.733. The Labute approximate surface area is 147 Å². The van der Waals surface area contributed by atoms with Gasteiger partial charge in [-0.1, -0.05) is 0 Å². The first-order valence-electron chi connectivity index (χ1n) is 8.53. The minimum Gasteiger partial charge on any atom is -0.337 e. The maximum Gasteiger partial charge on any atom is 0.114 e. The molecule has 3 rings (SSSR count). The molecule has 1 aliphatic rings. The number of hydrogen-bond acceptors (Lipinski definition) is 5. The number of likely N-dealkylation sites (tertiary alicyclic amines) is 1. The van der Waals surface area contributed by atoms with Crippen molar-refractivity contribution in [3.63, 3.8) is 0 Å². The minimum absolute atomic E-state index is 0.291. The number of hydrogen-bond donors (Lipinski definition) is 0. The average molecular weight is 351 g/mol. The maximum absolute atomic E-state index is 14.0. The molecule has 0 N–H and O–H groups in total. The molecule has 0 saturated carbocycles. The standard InChI is InChI=1S/C17H26FN5S/c1-14-17(24-13-20-14)11-23-9-15(18)8-16(23)10-21(2)5-3-6-22-7-4-19-12-22/h4,7,12-13,15-16H,3,5-6,8-11H2,1-2H3/t15-,16-/m0/s1. The van der Waals surface area contributed by atoms with E-state index >= 15 is 0 Å². The van der Waals surface area contributed by atoms with E-state index in [4.69, 9.17) is 0 Å². The second kappa shape index (κ2) is 8.18. The van der Waals surface area contributed by atoms with E-state index in [0.717, 1.165) is 38.3 Å². The predicted octanol–water partition coefficient (Wildman–Crippen LogP) is 2.58. The van der Waals surface area contributed by atoms with Crippen molar-refractivity contribution >= 4 is 11.3 Å². The number of halogens is 1. The normalized spacial score (nSPS) is 21.8. The van der Waals surface area contributed by atoms with Gasteiger partial charge >= 0.3 is 0 Å². The van der Waals surface area contributed by atoms with Crippen molar-refractivity contribution in [3.05, 3.63) is 34.8 Å². The molecule has 0 aliphatic carbocycles. The van der Waals surface area contributed by atoms with Gasteiger partial charge in [0.1, 0.15) is 6.17 Å². The van der Waals surface area contributed by atoms with E-state index in [2.05, 4.69) is 31.4 Å². The number of alkyl halides is 1. The number of aromatic nitrogens is 3. The molecule has 0 bridgehead atoms. The van der Waals surface area contributed by atoms with E-state index in [9.17, 15) is 4.39 Å². The van der Waals surface area contributed by atoms with Crippen LogP contribution in [0.25, 0.3) is 0 Å². The van der Waals surface area contributed by atoms with Crippen molar-refractivity contribution in [1.82, 2.24) is 24.3 Å². The Morgan fingerprint density at radius 3 is 3.04 bits per heavy atom. The van der Waals surface area contributed by atoms with Crippen molar-refractivity contribution in [2.45, 2.75) is 45.1 Å². The third-order valence-corrected chi connectivity index (χ3v) is 5.63. The first-order valence-corrected chi connectivity index (χ1v) is 9.41. The predicted molar refractivity (Wildman–Crippen MR) is 94.9 cm³/mol. The summed E-state index contributed by atoms with van der Waals surface area (Å²) in [4.78, 5) is 14.2. The lowest BCUT2D eigenvalue weighted by molar-refractivity contribution is 0.183. The van der Waals surface area contributed by atoms with Gasteiger partial charge in [0.15, 0.2) is 0 Å². The number of imidazole rings is 1. The van der Waals surface area contributed by atoms with Gasteiger partial charge < -0.3 is 9.47 Å². The van der Waals surface area contributed by atoms with Gasteiger partial charge in [0, 0.05) is 49.5 Å². The molecule has 2 aromatic rings. The van der Waals surface area contributed by atoms with Crippen LogP contribution in [0.15, 0.2) is 24.2 Å². The Balaban J connectivity index is 1.47. The van der Waals surface area contributed by atoms with Crippen molar-refractivity contribution in [1.29, 1.82) is 0 Å². The molecule has 2 atom stereocenters. The number of aryl methyl sites for hydroxylation is 2. The van der Waals surface area contributed by atoms with E-state index in [1.54, 1.807) is 11.3 Å². The zero-order valence-electron chi connectivity index (χ0n) is 14.4. The number of rotatable bonds is 8. The zero-order valence-corrected chi connectivity index (χ0v) is 15.3. The molecule has 0 spiro atoms. The summed E-state index contributed by atoms with van der Waals surface area (Å²) in [7, 11) is 2.13. The molecular formula is C17H26FN5S. The second-order valence-electron chi connectivity index (χ2n) is 6.69. The van der Waals surface area contributed by atoms with Crippen LogP contribution in [-0.2, 0) is 13.1 Å². The van der Waals surface area contributed by atoms with Crippen molar-refractivity contribution in [2.24, 2.45) is 0 Å². The fourth-order valence-electron chi connectivity index (χ4n) is 3.36. The monoisotopic (exact) mass is 351 g/mol. The number of likely N-dealkylation sites (N-methyl/N-ethyl adjacent to an activating group) is 1. The fraction of sp³-hybridized carbons (Fsp3) is 0.647. The summed E-state index contributed by atoms with van der Waals surface area (Å²) in [5.74, 6) is 0. The highest BCUT2D eigenvalue weighted by molar-refractivity contribution is 7.09. The van der Waals surface area contributed by atoms with Gasteiger partial charge in [0.25, 0.3) is 0 Å². The summed E-state index contributed by atoms with van der Waals surface area (Å²) < 4.78 is 16.1. The van der Waals surface area contributed by atoms with E-state index in [1.165, 1.54) is 4.88 Å².